The zero-order chi connectivity index (χ0) is 17.8. The van der Waals surface area contributed by atoms with Crippen LogP contribution in [0.2, 0.25) is 0 Å². The van der Waals surface area contributed by atoms with E-state index >= 15 is 0 Å². The number of hydrogen-bond donors (Lipinski definition) is 0. The van der Waals surface area contributed by atoms with Gasteiger partial charge in [-0.2, -0.15) is 5.10 Å². The van der Waals surface area contributed by atoms with E-state index in [9.17, 15) is 9.18 Å². The second-order valence-electron chi connectivity index (χ2n) is 6.34. The van der Waals surface area contributed by atoms with Crippen LogP contribution in [0.5, 0.6) is 0 Å². The van der Waals surface area contributed by atoms with E-state index in [0.717, 1.165) is 48.5 Å². The minimum absolute atomic E-state index is 0.163. The molecule has 3 rings (SSSR count). The predicted molar refractivity (Wildman–Crippen MR) is 97.5 cm³/mol. The minimum Gasteiger partial charge on any atom is -0.340 e. The molecular formula is C18H22BrFN4O. The van der Waals surface area contributed by atoms with Gasteiger partial charge in [-0.25, -0.2) is 4.39 Å². The first-order valence-electron chi connectivity index (χ1n) is 8.45. The molecule has 1 fully saturated rings. The Morgan fingerprint density at radius 1 is 1.28 bits per heavy atom. The van der Waals surface area contributed by atoms with Crippen molar-refractivity contribution in [3.8, 4) is 0 Å². The number of rotatable bonds is 5. The summed E-state index contributed by atoms with van der Waals surface area (Å²) in [6.07, 6.45) is 2.21. The van der Waals surface area contributed by atoms with E-state index in [-0.39, 0.29) is 11.7 Å². The standard InChI is InChI=1S/C18H22BrFN4O/c1-14-17(19)12-21-24(14)6-5-18(25)23-9-7-22(8-10-23)13-15-3-2-4-16(20)11-15/h2-4,11-12H,5-10,13H2,1H3. The quantitative estimate of drug-likeness (QED) is 0.763. The van der Waals surface area contributed by atoms with Crippen molar-refractivity contribution in [2.45, 2.75) is 26.4 Å². The molecule has 134 valence electrons. The molecule has 1 aromatic carbocycles. The molecule has 5 nitrogen and oxygen atoms in total. The Labute approximate surface area is 155 Å². The summed E-state index contributed by atoms with van der Waals surface area (Å²) in [6, 6.07) is 6.70. The molecule has 0 atom stereocenters. The Morgan fingerprint density at radius 3 is 2.68 bits per heavy atom. The van der Waals surface area contributed by atoms with E-state index in [2.05, 4.69) is 25.9 Å². The number of halogens is 2. The Kier molecular flexibility index (Phi) is 5.86. The predicted octanol–water partition coefficient (Wildman–Crippen LogP) is 2.83. The highest BCUT2D eigenvalue weighted by molar-refractivity contribution is 9.10. The highest BCUT2D eigenvalue weighted by Gasteiger charge is 2.21. The number of hydrogen-bond acceptors (Lipinski definition) is 3. The number of amides is 1. The third-order valence-corrected chi connectivity index (χ3v) is 5.38. The second kappa shape index (κ2) is 8.10. The number of benzene rings is 1. The van der Waals surface area contributed by atoms with Crippen LogP contribution < -0.4 is 0 Å². The fourth-order valence-corrected chi connectivity index (χ4v) is 3.35. The molecule has 0 aliphatic carbocycles. The van der Waals surface area contributed by atoms with Crippen molar-refractivity contribution in [3.63, 3.8) is 0 Å². The summed E-state index contributed by atoms with van der Waals surface area (Å²) in [5.41, 5.74) is 2.01. The average molecular weight is 409 g/mol. The third-order valence-electron chi connectivity index (χ3n) is 4.60. The fraction of sp³-hybridized carbons (Fsp3) is 0.444. The summed E-state index contributed by atoms with van der Waals surface area (Å²) in [6.45, 7) is 6.36. The Bertz CT molecular complexity index is 740. The molecule has 0 N–H and O–H groups in total. The zero-order valence-electron chi connectivity index (χ0n) is 14.3. The van der Waals surface area contributed by atoms with Gasteiger partial charge in [0.05, 0.1) is 10.7 Å². The summed E-state index contributed by atoms with van der Waals surface area (Å²) < 4.78 is 16.1. The topological polar surface area (TPSA) is 41.4 Å². The van der Waals surface area contributed by atoms with Crippen LogP contribution in [0, 0.1) is 12.7 Å². The van der Waals surface area contributed by atoms with Crippen LogP contribution in [-0.2, 0) is 17.9 Å². The molecule has 2 aromatic rings. The third kappa shape index (κ3) is 4.67. The number of carbonyl (C=O) groups excluding carboxylic acids is 1. The van der Waals surface area contributed by atoms with Crippen molar-refractivity contribution < 1.29 is 9.18 Å². The van der Waals surface area contributed by atoms with Gasteiger partial charge in [-0.15, -0.1) is 0 Å². The smallest absolute Gasteiger partial charge is 0.224 e. The van der Waals surface area contributed by atoms with Crippen LogP contribution >= 0.6 is 15.9 Å². The lowest BCUT2D eigenvalue weighted by Crippen LogP contribution is -2.48. The molecule has 1 saturated heterocycles. The van der Waals surface area contributed by atoms with Crippen molar-refractivity contribution >= 4 is 21.8 Å². The number of aryl methyl sites for hydroxylation is 1. The molecule has 1 aliphatic rings. The minimum atomic E-state index is -0.202. The number of aromatic nitrogens is 2. The van der Waals surface area contributed by atoms with Gasteiger partial charge in [0.15, 0.2) is 0 Å². The first kappa shape index (κ1) is 18.1. The molecule has 25 heavy (non-hydrogen) atoms. The van der Waals surface area contributed by atoms with E-state index in [0.29, 0.717) is 13.0 Å². The lowest BCUT2D eigenvalue weighted by molar-refractivity contribution is -0.133. The maximum absolute atomic E-state index is 13.3. The summed E-state index contributed by atoms with van der Waals surface area (Å²) in [7, 11) is 0. The summed E-state index contributed by atoms with van der Waals surface area (Å²) in [5.74, 6) is -0.0386. The molecule has 1 aromatic heterocycles. The molecule has 0 radical (unpaired) electrons. The molecule has 2 heterocycles. The van der Waals surface area contributed by atoms with Crippen LogP contribution in [0.25, 0.3) is 0 Å². The van der Waals surface area contributed by atoms with Gasteiger partial charge in [0.25, 0.3) is 0 Å². The van der Waals surface area contributed by atoms with Crippen LogP contribution in [0.1, 0.15) is 17.7 Å². The van der Waals surface area contributed by atoms with Gasteiger partial charge in [-0.1, -0.05) is 12.1 Å². The first-order valence-corrected chi connectivity index (χ1v) is 9.25. The highest BCUT2D eigenvalue weighted by atomic mass is 79.9. The van der Waals surface area contributed by atoms with Crippen LogP contribution in [0.4, 0.5) is 4.39 Å². The average Bonchev–Trinajstić information content (AvgIpc) is 2.92. The maximum atomic E-state index is 13.3. The molecule has 1 amide bonds. The maximum Gasteiger partial charge on any atom is 0.224 e. The second-order valence-corrected chi connectivity index (χ2v) is 7.19. The largest absolute Gasteiger partial charge is 0.340 e. The van der Waals surface area contributed by atoms with Crippen LogP contribution in [0.3, 0.4) is 0 Å². The van der Waals surface area contributed by atoms with Gasteiger partial charge in [0, 0.05) is 51.4 Å². The van der Waals surface area contributed by atoms with E-state index < -0.39 is 0 Å². The number of piperazine rings is 1. The van der Waals surface area contributed by atoms with Crippen molar-refractivity contribution in [2.75, 3.05) is 26.2 Å². The van der Waals surface area contributed by atoms with E-state index in [1.165, 1.54) is 6.07 Å². The van der Waals surface area contributed by atoms with Crippen LogP contribution in [0.15, 0.2) is 34.9 Å². The molecule has 0 spiro atoms. The summed E-state index contributed by atoms with van der Waals surface area (Å²) >= 11 is 3.43. The van der Waals surface area contributed by atoms with Crippen molar-refractivity contribution in [1.82, 2.24) is 19.6 Å². The van der Waals surface area contributed by atoms with Crippen molar-refractivity contribution in [1.29, 1.82) is 0 Å². The van der Waals surface area contributed by atoms with Gasteiger partial charge in [-0.3, -0.25) is 14.4 Å². The zero-order valence-corrected chi connectivity index (χ0v) is 15.9. The van der Waals surface area contributed by atoms with Crippen molar-refractivity contribution in [3.05, 3.63) is 52.0 Å². The summed E-state index contributed by atoms with van der Waals surface area (Å²) in [4.78, 5) is 16.6. The lowest BCUT2D eigenvalue weighted by atomic mass is 10.2. The van der Waals surface area contributed by atoms with Gasteiger partial charge in [-0.05, 0) is 40.5 Å². The fourth-order valence-electron chi connectivity index (χ4n) is 3.06. The van der Waals surface area contributed by atoms with Crippen molar-refractivity contribution in [2.24, 2.45) is 0 Å². The molecular weight excluding hydrogens is 387 g/mol. The van der Waals surface area contributed by atoms with Gasteiger partial charge in [0.2, 0.25) is 5.91 Å². The summed E-state index contributed by atoms with van der Waals surface area (Å²) in [5, 5.41) is 4.26. The van der Waals surface area contributed by atoms with E-state index in [4.69, 9.17) is 0 Å². The molecule has 1 aliphatic heterocycles. The highest BCUT2D eigenvalue weighted by Crippen LogP contribution is 2.15. The normalized spacial score (nSPS) is 15.6. The molecule has 0 bridgehead atoms. The first-order chi connectivity index (χ1) is 12.0. The number of carbonyl (C=O) groups is 1. The lowest BCUT2D eigenvalue weighted by Gasteiger charge is -2.34. The van der Waals surface area contributed by atoms with E-state index in [1.54, 1.807) is 18.3 Å². The van der Waals surface area contributed by atoms with Gasteiger partial charge in [0.1, 0.15) is 5.82 Å². The number of nitrogens with zero attached hydrogens (tertiary/aromatic N) is 4. The SMILES string of the molecule is Cc1c(Br)cnn1CCC(=O)N1CCN(Cc2cccc(F)c2)CC1. The van der Waals surface area contributed by atoms with E-state index in [1.807, 2.05) is 22.6 Å². The monoisotopic (exact) mass is 408 g/mol. The Morgan fingerprint density at radius 2 is 2.04 bits per heavy atom. The van der Waals surface area contributed by atoms with Gasteiger partial charge < -0.3 is 4.90 Å². The Hall–Kier alpha value is -1.73. The van der Waals surface area contributed by atoms with Gasteiger partial charge >= 0.3 is 0 Å². The molecule has 0 saturated carbocycles. The van der Waals surface area contributed by atoms with Crippen LogP contribution in [-0.4, -0.2) is 51.7 Å². The molecule has 0 unspecified atom stereocenters. The molecule has 7 heteroatoms. The Balaban J connectivity index is 1.45.